The molecule has 1 heterocycles. The summed E-state index contributed by atoms with van der Waals surface area (Å²) in [7, 11) is 0. The Hall–Kier alpha value is -1.60. The van der Waals surface area contributed by atoms with Crippen LogP contribution >= 0.6 is 0 Å². The smallest absolute Gasteiger partial charge is 0.0390 e. The lowest BCUT2D eigenvalue weighted by molar-refractivity contribution is 0.575. The summed E-state index contributed by atoms with van der Waals surface area (Å²) in [6.45, 7) is 5.57. The number of rotatable bonds is 2. The molecule has 0 amide bonds. The average Bonchev–Trinajstić information content (AvgIpc) is 2.92. The largest absolute Gasteiger partial charge is 0.309 e. The van der Waals surface area contributed by atoms with Gasteiger partial charge in [0.05, 0.1) is 0 Å². The minimum Gasteiger partial charge on any atom is -0.309 e. The molecule has 19 heavy (non-hydrogen) atoms. The topological polar surface area (TPSA) is 12.0 Å². The van der Waals surface area contributed by atoms with Crippen LogP contribution < -0.4 is 5.32 Å². The molecule has 0 aliphatic carbocycles. The monoisotopic (exact) mass is 251 g/mol. The average molecular weight is 251 g/mol. The third kappa shape index (κ3) is 2.31. The van der Waals surface area contributed by atoms with Crippen LogP contribution in [-0.4, -0.2) is 6.54 Å². The van der Waals surface area contributed by atoms with Crippen molar-refractivity contribution in [1.82, 2.24) is 5.32 Å². The highest BCUT2D eigenvalue weighted by Gasteiger charge is 2.30. The van der Waals surface area contributed by atoms with E-state index in [0.29, 0.717) is 12.0 Å². The Kier molecular flexibility index (Phi) is 3.39. The predicted octanol–water partition coefficient (Wildman–Crippen LogP) is 4.12. The number of benzene rings is 2. The summed E-state index contributed by atoms with van der Waals surface area (Å²) >= 11 is 0. The molecule has 0 spiro atoms. The van der Waals surface area contributed by atoms with Crippen LogP contribution in [0.3, 0.4) is 0 Å². The maximum atomic E-state index is 3.67. The lowest BCUT2D eigenvalue weighted by atomic mass is 9.84. The van der Waals surface area contributed by atoms with Crippen molar-refractivity contribution < 1.29 is 0 Å². The second-order valence-corrected chi connectivity index (χ2v) is 5.53. The van der Waals surface area contributed by atoms with E-state index in [1.807, 2.05) is 0 Å². The van der Waals surface area contributed by atoms with E-state index >= 15 is 0 Å². The second-order valence-electron chi connectivity index (χ2n) is 5.53. The summed E-state index contributed by atoms with van der Waals surface area (Å²) < 4.78 is 0. The van der Waals surface area contributed by atoms with E-state index in [0.717, 1.165) is 6.54 Å². The number of hydrogen-bond donors (Lipinski definition) is 1. The van der Waals surface area contributed by atoms with Crippen molar-refractivity contribution >= 4 is 0 Å². The third-order valence-corrected chi connectivity index (χ3v) is 4.43. The van der Waals surface area contributed by atoms with Gasteiger partial charge in [-0.2, -0.15) is 0 Å². The Bertz CT molecular complexity index is 559. The fraction of sp³-hybridized carbons (Fsp3) is 0.333. The third-order valence-electron chi connectivity index (χ3n) is 4.43. The number of nitrogens with one attached hydrogen (secondary N) is 1. The molecule has 0 bridgehead atoms. The van der Waals surface area contributed by atoms with E-state index in [2.05, 4.69) is 67.7 Å². The zero-order chi connectivity index (χ0) is 13.2. The summed E-state index contributed by atoms with van der Waals surface area (Å²) in [6, 6.07) is 18.0. The number of aryl methyl sites for hydroxylation is 1. The summed E-state index contributed by atoms with van der Waals surface area (Å²) in [5, 5.41) is 3.67. The van der Waals surface area contributed by atoms with Crippen molar-refractivity contribution in [1.29, 1.82) is 0 Å². The van der Waals surface area contributed by atoms with E-state index in [4.69, 9.17) is 0 Å². The van der Waals surface area contributed by atoms with Gasteiger partial charge in [-0.1, -0.05) is 48.5 Å². The Balaban J connectivity index is 1.98. The molecule has 1 aliphatic rings. The van der Waals surface area contributed by atoms with Crippen molar-refractivity contribution in [2.24, 2.45) is 0 Å². The Morgan fingerprint density at radius 3 is 2.53 bits per heavy atom. The standard InChI is InChI=1S/C18H21N/c1-13-7-6-10-16(14(13)2)17-11-12-19-18(17)15-8-4-3-5-9-15/h3-10,17-19H,11-12H2,1-2H3. The fourth-order valence-electron chi connectivity index (χ4n) is 3.22. The van der Waals surface area contributed by atoms with Crippen LogP contribution in [0.4, 0.5) is 0 Å². The van der Waals surface area contributed by atoms with E-state index < -0.39 is 0 Å². The molecule has 3 rings (SSSR count). The van der Waals surface area contributed by atoms with Crippen LogP contribution in [0.15, 0.2) is 48.5 Å². The first kappa shape index (κ1) is 12.4. The van der Waals surface area contributed by atoms with Gasteiger partial charge >= 0.3 is 0 Å². The van der Waals surface area contributed by atoms with Crippen LogP contribution in [0.1, 0.15) is 40.6 Å². The minimum absolute atomic E-state index is 0.460. The SMILES string of the molecule is Cc1cccc(C2CCNC2c2ccccc2)c1C. The zero-order valence-corrected chi connectivity index (χ0v) is 11.7. The number of hydrogen-bond acceptors (Lipinski definition) is 1. The molecule has 2 unspecified atom stereocenters. The molecule has 1 nitrogen and oxygen atoms in total. The van der Waals surface area contributed by atoms with Gasteiger partial charge in [-0.25, -0.2) is 0 Å². The molecular formula is C18H21N. The molecule has 1 fully saturated rings. The van der Waals surface area contributed by atoms with E-state index in [1.165, 1.54) is 28.7 Å². The molecule has 0 saturated carbocycles. The van der Waals surface area contributed by atoms with Gasteiger partial charge in [0.25, 0.3) is 0 Å². The highest BCUT2D eigenvalue weighted by molar-refractivity contribution is 5.39. The van der Waals surface area contributed by atoms with Crippen molar-refractivity contribution in [2.75, 3.05) is 6.54 Å². The zero-order valence-electron chi connectivity index (χ0n) is 11.7. The van der Waals surface area contributed by atoms with Crippen molar-refractivity contribution in [3.8, 4) is 0 Å². The highest BCUT2D eigenvalue weighted by atomic mass is 15.0. The van der Waals surface area contributed by atoms with Gasteiger partial charge in [0, 0.05) is 12.0 Å². The van der Waals surface area contributed by atoms with Gasteiger partial charge in [-0.05, 0) is 49.1 Å². The quantitative estimate of drug-likeness (QED) is 0.846. The van der Waals surface area contributed by atoms with Gasteiger partial charge in [0.1, 0.15) is 0 Å². The lowest BCUT2D eigenvalue weighted by Crippen LogP contribution is -2.17. The molecule has 0 aromatic heterocycles. The van der Waals surface area contributed by atoms with Crippen LogP contribution in [0.25, 0.3) is 0 Å². The first-order chi connectivity index (χ1) is 9.27. The molecule has 2 atom stereocenters. The Morgan fingerprint density at radius 1 is 0.947 bits per heavy atom. The van der Waals surface area contributed by atoms with Crippen LogP contribution in [-0.2, 0) is 0 Å². The first-order valence-corrected chi connectivity index (χ1v) is 7.12. The summed E-state index contributed by atoms with van der Waals surface area (Å²) in [5.41, 5.74) is 5.78. The van der Waals surface area contributed by atoms with Gasteiger partial charge in [-0.15, -0.1) is 0 Å². The Morgan fingerprint density at radius 2 is 1.74 bits per heavy atom. The molecule has 1 heteroatoms. The fourth-order valence-corrected chi connectivity index (χ4v) is 3.22. The van der Waals surface area contributed by atoms with Crippen molar-refractivity contribution in [3.63, 3.8) is 0 Å². The summed E-state index contributed by atoms with van der Waals surface area (Å²) in [5.74, 6) is 0.599. The van der Waals surface area contributed by atoms with Gasteiger partial charge in [-0.3, -0.25) is 0 Å². The molecule has 2 aromatic rings. The van der Waals surface area contributed by atoms with E-state index in [9.17, 15) is 0 Å². The van der Waals surface area contributed by atoms with Gasteiger partial charge < -0.3 is 5.32 Å². The second kappa shape index (κ2) is 5.18. The molecular weight excluding hydrogens is 230 g/mol. The van der Waals surface area contributed by atoms with Crippen molar-refractivity contribution in [3.05, 3.63) is 70.8 Å². The molecule has 0 radical (unpaired) electrons. The molecule has 1 aliphatic heterocycles. The summed E-state index contributed by atoms with van der Waals surface area (Å²) in [4.78, 5) is 0. The molecule has 1 N–H and O–H groups in total. The molecule has 2 aromatic carbocycles. The molecule has 98 valence electrons. The lowest BCUT2D eigenvalue weighted by Gasteiger charge is -2.23. The summed E-state index contributed by atoms with van der Waals surface area (Å²) in [6.07, 6.45) is 1.23. The maximum Gasteiger partial charge on any atom is 0.0390 e. The first-order valence-electron chi connectivity index (χ1n) is 7.12. The Labute approximate surface area is 115 Å². The van der Waals surface area contributed by atoms with Crippen LogP contribution in [0, 0.1) is 13.8 Å². The van der Waals surface area contributed by atoms with E-state index in [-0.39, 0.29) is 0 Å². The van der Waals surface area contributed by atoms with E-state index in [1.54, 1.807) is 0 Å². The molecule has 1 saturated heterocycles. The van der Waals surface area contributed by atoms with Crippen LogP contribution in [0.2, 0.25) is 0 Å². The van der Waals surface area contributed by atoms with Crippen LogP contribution in [0.5, 0.6) is 0 Å². The minimum atomic E-state index is 0.460. The normalized spacial score (nSPS) is 22.6. The van der Waals surface area contributed by atoms with Crippen molar-refractivity contribution in [2.45, 2.75) is 32.2 Å². The highest BCUT2D eigenvalue weighted by Crippen LogP contribution is 2.39. The maximum absolute atomic E-state index is 3.67. The predicted molar refractivity (Wildman–Crippen MR) is 80.5 cm³/mol. The van der Waals surface area contributed by atoms with Gasteiger partial charge in [0.15, 0.2) is 0 Å². The van der Waals surface area contributed by atoms with Gasteiger partial charge in [0.2, 0.25) is 0 Å².